The fourth-order valence-corrected chi connectivity index (χ4v) is 2.52. The third-order valence-corrected chi connectivity index (χ3v) is 3.76. The number of methoxy groups -OCH3 is 1. The maximum Gasteiger partial charge on any atom is 0.416 e. The summed E-state index contributed by atoms with van der Waals surface area (Å²) in [5, 5.41) is 3.34. The summed E-state index contributed by atoms with van der Waals surface area (Å²) in [6.45, 7) is -0.435. The standard InChI is InChI=1S/C19H15F3N2O3/c1-26-16-8-7-15(14-6-3-9-23-18(14)16)24-17(25)11-27-13-5-2-4-12(10-13)19(20,21)22/h2-10H,11H2,1H3,(H,24,25). The number of alkyl halides is 3. The first-order chi connectivity index (χ1) is 12.9. The molecule has 27 heavy (non-hydrogen) atoms. The number of ether oxygens (including phenoxy) is 2. The predicted molar refractivity (Wildman–Crippen MR) is 93.9 cm³/mol. The van der Waals surface area contributed by atoms with Crippen LogP contribution in [-0.2, 0) is 11.0 Å². The highest BCUT2D eigenvalue weighted by molar-refractivity contribution is 6.03. The van der Waals surface area contributed by atoms with E-state index in [0.29, 0.717) is 22.3 Å². The van der Waals surface area contributed by atoms with Crippen molar-refractivity contribution in [2.75, 3.05) is 19.0 Å². The summed E-state index contributed by atoms with van der Waals surface area (Å²) >= 11 is 0. The van der Waals surface area contributed by atoms with Gasteiger partial charge < -0.3 is 14.8 Å². The predicted octanol–water partition coefficient (Wildman–Crippen LogP) is 4.28. The van der Waals surface area contributed by atoms with Gasteiger partial charge in [0.05, 0.1) is 18.4 Å². The van der Waals surface area contributed by atoms with E-state index in [2.05, 4.69) is 10.3 Å². The fourth-order valence-electron chi connectivity index (χ4n) is 2.52. The van der Waals surface area contributed by atoms with Crippen LogP contribution in [0.1, 0.15) is 5.56 Å². The van der Waals surface area contributed by atoms with Crippen molar-refractivity contribution in [3.63, 3.8) is 0 Å². The average molecular weight is 376 g/mol. The van der Waals surface area contributed by atoms with Crippen LogP contribution in [0.15, 0.2) is 54.7 Å². The van der Waals surface area contributed by atoms with Gasteiger partial charge in [0.25, 0.3) is 5.91 Å². The van der Waals surface area contributed by atoms with E-state index in [1.54, 1.807) is 30.5 Å². The van der Waals surface area contributed by atoms with Crippen LogP contribution in [0.5, 0.6) is 11.5 Å². The molecule has 140 valence electrons. The van der Waals surface area contributed by atoms with Crippen molar-refractivity contribution in [3.05, 3.63) is 60.3 Å². The SMILES string of the molecule is COc1ccc(NC(=O)COc2cccc(C(F)(F)F)c2)c2cccnc12. The van der Waals surface area contributed by atoms with Gasteiger partial charge in [-0.2, -0.15) is 13.2 Å². The van der Waals surface area contributed by atoms with Gasteiger partial charge in [-0.3, -0.25) is 9.78 Å². The van der Waals surface area contributed by atoms with Gasteiger partial charge in [0.1, 0.15) is 17.0 Å². The van der Waals surface area contributed by atoms with E-state index in [1.807, 2.05) is 0 Å². The molecule has 0 saturated heterocycles. The third kappa shape index (κ3) is 4.28. The van der Waals surface area contributed by atoms with Gasteiger partial charge in [-0.05, 0) is 42.5 Å². The molecule has 0 fully saturated rings. The zero-order valence-corrected chi connectivity index (χ0v) is 14.2. The number of carbonyl (C=O) groups is 1. The lowest BCUT2D eigenvalue weighted by Gasteiger charge is -2.12. The molecular formula is C19H15F3N2O3. The van der Waals surface area contributed by atoms with Crippen LogP contribution in [-0.4, -0.2) is 24.6 Å². The van der Waals surface area contributed by atoms with Gasteiger partial charge in [0.15, 0.2) is 6.61 Å². The van der Waals surface area contributed by atoms with Crippen LogP contribution in [0.25, 0.3) is 10.9 Å². The number of amides is 1. The minimum atomic E-state index is -4.48. The first-order valence-electron chi connectivity index (χ1n) is 7.90. The van der Waals surface area contributed by atoms with Crippen molar-refractivity contribution >= 4 is 22.5 Å². The summed E-state index contributed by atoms with van der Waals surface area (Å²) in [5.41, 5.74) is 0.237. The second kappa shape index (κ2) is 7.53. The number of halogens is 3. The first-order valence-corrected chi connectivity index (χ1v) is 7.90. The molecule has 0 aliphatic rings. The van der Waals surface area contributed by atoms with Crippen LogP contribution >= 0.6 is 0 Å². The Morgan fingerprint density at radius 3 is 2.70 bits per heavy atom. The molecule has 0 radical (unpaired) electrons. The molecule has 3 rings (SSSR count). The maximum absolute atomic E-state index is 12.7. The smallest absolute Gasteiger partial charge is 0.416 e. The van der Waals surface area contributed by atoms with Gasteiger partial charge in [-0.1, -0.05) is 6.07 Å². The lowest BCUT2D eigenvalue weighted by atomic mass is 10.1. The lowest BCUT2D eigenvalue weighted by molar-refractivity contribution is -0.137. The molecule has 8 heteroatoms. The van der Waals surface area contributed by atoms with Crippen LogP contribution in [0.3, 0.4) is 0 Å². The van der Waals surface area contributed by atoms with Crippen LogP contribution in [0, 0.1) is 0 Å². The number of hydrogen-bond donors (Lipinski definition) is 1. The summed E-state index contributed by atoms with van der Waals surface area (Å²) in [7, 11) is 1.52. The number of benzene rings is 2. The first kappa shape index (κ1) is 18.5. The van der Waals surface area contributed by atoms with Gasteiger partial charge in [-0.15, -0.1) is 0 Å². The zero-order valence-electron chi connectivity index (χ0n) is 14.2. The number of aromatic nitrogens is 1. The largest absolute Gasteiger partial charge is 0.494 e. The molecule has 0 aliphatic heterocycles. The van der Waals surface area contributed by atoms with Crippen molar-refractivity contribution in [1.82, 2.24) is 4.98 Å². The van der Waals surface area contributed by atoms with Crippen molar-refractivity contribution in [3.8, 4) is 11.5 Å². The minimum Gasteiger partial charge on any atom is -0.494 e. The molecule has 0 bridgehead atoms. The Bertz CT molecular complexity index is 974. The summed E-state index contributed by atoms with van der Waals surface area (Å²) < 4.78 is 48.6. The highest BCUT2D eigenvalue weighted by atomic mass is 19.4. The zero-order chi connectivity index (χ0) is 19.4. The average Bonchev–Trinajstić information content (AvgIpc) is 2.66. The van der Waals surface area contributed by atoms with Gasteiger partial charge in [0, 0.05) is 11.6 Å². The van der Waals surface area contributed by atoms with E-state index in [4.69, 9.17) is 9.47 Å². The maximum atomic E-state index is 12.7. The summed E-state index contributed by atoms with van der Waals surface area (Å²) in [6, 6.07) is 11.2. The molecule has 1 amide bonds. The Morgan fingerprint density at radius 1 is 1.15 bits per heavy atom. The quantitative estimate of drug-likeness (QED) is 0.722. The van der Waals surface area contributed by atoms with Crippen molar-refractivity contribution in [1.29, 1.82) is 0 Å². The second-order valence-electron chi connectivity index (χ2n) is 5.58. The van der Waals surface area contributed by atoms with Crippen molar-refractivity contribution in [2.45, 2.75) is 6.18 Å². The number of anilines is 1. The Labute approximate surface area is 152 Å². The third-order valence-electron chi connectivity index (χ3n) is 3.76. The van der Waals surface area contributed by atoms with E-state index in [9.17, 15) is 18.0 Å². The Morgan fingerprint density at radius 2 is 1.96 bits per heavy atom. The van der Waals surface area contributed by atoms with Gasteiger partial charge in [-0.25, -0.2) is 0 Å². The number of pyridine rings is 1. The van der Waals surface area contributed by atoms with E-state index in [1.165, 1.54) is 19.2 Å². The molecule has 1 aromatic heterocycles. The molecule has 0 unspecified atom stereocenters. The normalized spacial score (nSPS) is 11.3. The molecule has 1 heterocycles. The lowest BCUT2D eigenvalue weighted by Crippen LogP contribution is -2.20. The second-order valence-corrected chi connectivity index (χ2v) is 5.58. The number of nitrogens with zero attached hydrogens (tertiary/aromatic N) is 1. The summed E-state index contributed by atoms with van der Waals surface area (Å²) in [4.78, 5) is 16.4. The van der Waals surface area contributed by atoms with Crippen molar-refractivity contribution < 1.29 is 27.4 Å². The molecule has 0 aliphatic carbocycles. The number of hydrogen-bond acceptors (Lipinski definition) is 4. The monoisotopic (exact) mass is 376 g/mol. The molecule has 3 aromatic rings. The van der Waals surface area contributed by atoms with E-state index in [0.717, 1.165) is 12.1 Å². The molecule has 1 N–H and O–H groups in total. The van der Waals surface area contributed by atoms with Crippen LogP contribution in [0.2, 0.25) is 0 Å². The molecule has 2 aromatic carbocycles. The summed E-state index contributed by atoms with van der Waals surface area (Å²) in [5.74, 6) is 0.00720. The molecular weight excluding hydrogens is 361 g/mol. The van der Waals surface area contributed by atoms with E-state index >= 15 is 0 Å². The van der Waals surface area contributed by atoms with Gasteiger partial charge in [0.2, 0.25) is 0 Å². The molecule has 0 atom stereocenters. The highest BCUT2D eigenvalue weighted by Gasteiger charge is 2.30. The molecule has 5 nitrogen and oxygen atoms in total. The topological polar surface area (TPSA) is 60.5 Å². The Kier molecular flexibility index (Phi) is 5.16. The molecule has 0 saturated carbocycles. The molecule has 0 spiro atoms. The number of fused-ring (bicyclic) bond motifs is 1. The number of rotatable bonds is 5. The van der Waals surface area contributed by atoms with E-state index < -0.39 is 24.3 Å². The Balaban J connectivity index is 1.71. The fraction of sp³-hybridized carbons (Fsp3) is 0.158. The number of nitrogens with one attached hydrogen (secondary N) is 1. The Hall–Kier alpha value is -3.29. The van der Waals surface area contributed by atoms with Gasteiger partial charge >= 0.3 is 6.18 Å². The van der Waals surface area contributed by atoms with Crippen molar-refractivity contribution in [2.24, 2.45) is 0 Å². The summed E-state index contributed by atoms with van der Waals surface area (Å²) in [6.07, 6.45) is -2.87. The highest BCUT2D eigenvalue weighted by Crippen LogP contribution is 2.32. The van der Waals surface area contributed by atoms with Crippen LogP contribution < -0.4 is 14.8 Å². The minimum absolute atomic E-state index is 0.0405. The van der Waals surface area contributed by atoms with E-state index in [-0.39, 0.29) is 5.75 Å². The number of carbonyl (C=O) groups excluding carboxylic acids is 1. The van der Waals surface area contributed by atoms with Crippen LogP contribution in [0.4, 0.5) is 18.9 Å².